The number of rotatable bonds is 7. The lowest BCUT2D eigenvalue weighted by Gasteiger charge is -2.22. The number of para-hydroxylation sites is 1. The standard InChI is InChI=1S/C19H24N2O4S/c1-5-21(16-9-7-6-8-10-16)19(22)15-11-12-17(25-4)18(13-15)26(23,24)20-14(2)3/h6-14,20H,5H2,1-4H3. The molecule has 0 aliphatic heterocycles. The van der Waals surface area contributed by atoms with Crippen molar-refractivity contribution in [1.82, 2.24) is 4.72 Å². The predicted octanol–water partition coefficient (Wildman–Crippen LogP) is 3.05. The Labute approximate surface area is 154 Å². The molecule has 1 amide bonds. The molecule has 6 nitrogen and oxygen atoms in total. The quantitative estimate of drug-likeness (QED) is 0.806. The fourth-order valence-electron chi connectivity index (χ4n) is 2.60. The molecule has 0 unspecified atom stereocenters. The summed E-state index contributed by atoms with van der Waals surface area (Å²) in [6, 6.07) is 13.4. The molecular formula is C19H24N2O4S. The van der Waals surface area contributed by atoms with Crippen LogP contribution in [0.4, 0.5) is 5.69 Å². The van der Waals surface area contributed by atoms with Gasteiger partial charge in [0.25, 0.3) is 5.91 Å². The summed E-state index contributed by atoms with van der Waals surface area (Å²) in [4.78, 5) is 14.5. The minimum Gasteiger partial charge on any atom is -0.495 e. The summed E-state index contributed by atoms with van der Waals surface area (Å²) in [7, 11) is -2.40. The summed E-state index contributed by atoms with van der Waals surface area (Å²) in [6.45, 7) is 5.79. The smallest absolute Gasteiger partial charge is 0.258 e. The molecule has 2 rings (SSSR count). The zero-order valence-corrected chi connectivity index (χ0v) is 16.2. The Bertz CT molecular complexity index is 864. The van der Waals surface area contributed by atoms with Gasteiger partial charge in [-0.15, -0.1) is 0 Å². The molecule has 0 atom stereocenters. The van der Waals surface area contributed by atoms with Gasteiger partial charge in [-0.3, -0.25) is 4.79 Å². The van der Waals surface area contributed by atoms with Gasteiger partial charge < -0.3 is 9.64 Å². The van der Waals surface area contributed by atoms with Crippen molar-refractivity contribution in [3.8, 4) is 5.75 Å². The van der Waals surface area contributed by atoms with Crippen molar-refractivity contribution in [3.63, 3.8) is 0 Å². The molecule has 7 heteroatoms. The number of amides is 1. The van der Waals surface area contributed by atoms with Crippen LogP contribution < -0.4 is 14.4 Å². The van der Waals surface area contributed by atoms with E-state index in [0.29, 0.717) is 6.54 Å². The summed E-state index contributed by atoms with van der Waals surface area (Å²) < 4.78 is 32.9. The molecule has 2 aromatic rings. The molecule has 26 heavy (non-hydrogen) atoms. The first-order valence-corrected chi connectivity index (χ1v) is 9.85. The van der Waals surface area contributed by atoms with Crippen molar-refractivity contribution < 1.29 is 17.9 Å². The van der Waals surface area contributed by atoms with Gasteiger partial charge in [-0.25, -0.2) is 13.1 Å². The highest BCUT2D eigenvalue weighted by atomic mass is 32.2. The van der Waals surface area contributed by atoms with Crippen LogP contribution in [0.5, 0.6) is 5.75 Å². The van der Waals surface area contributed by atoms with Gasteiger partial charge in [-0.1, -0.05) is 18.2 Å². The lowest BCUT2D eigenvalue weighted by Crippen LogP contribution is -2.32. The highest BCUT2D eigenvalue weighted by molar-refractivity contribution is 7.89. The molecule has 0 saturated heterocycles. The van der Waals surface area contributed by atoms with Crippen molar-refractivity contribution in [1.29, 1.82) is 0 Å². The van der Waals surface area contributed by atoms with E-state index in [1.165, 1.54) is 19.2 Å². The van der Waals surface area contributed by atoms with Gasteiger partial charge in [-0.05, 0) is 51.1 Å². The molecule has 1 N–H and O–H groups in total. The lowest BCUT2D eigenvalue weighted by molar-refractivity contribution is 0.0988. The Morgan fingerprint density at radius 3 is 2.35 bits per heavy atom. The Morgan fingerprint density at radius 2 is 1.81 bits per heavy atom. The van der Waals surface area contributed by atoms with Crippen LogP contribution in [0.1, 0.15) is 31.1 Å². The third-order valence-electron chi connectivity index (χ3n) is 3.72. The average Bonchev–Trinajstić information content (AvgIpc) is 2.61. The van der Waals surface area contributed by atoms with Gasteiger partial charge in [0, 0.05) is 23.8 Å². The third kappa shape index (κ3) is 4.42. The second-order valence-electron chi connectivity index (χ2n) is 6.03. The highest BCUT2D eigenvalue weighted by Gasteiger charge is 2.24. The Balaban J connectivity index is 2.47. The molecule has 2 aromatic carbocycles. The van der Waals surface area contributed by atoms with Crippen molar-refractivity contribution in [2.75, 3.05) is 18.6 Å². The summed E-state index contributed by atoms with van der Waals surface area (Å²) in [5.74, 6) is -0.0835. The van der Waals surface area contributed by atoms with E-state index in [4.69, 9.17) is 4.74 Å². The largest absolute Gasteiger partial charge is 0.495 e. The molecule has 0 saturated carbocycles. The number of nitrogens with zero attached hydrogens (tertiary/aromatic N) is 1. The van der Waals surface area contributed by atoms with E-state index in [9.17, 15) is 13.2 Å². The molecule has 0 aromatic heterocycles. The fourth-order valence-corrected chi connectivity index (χ4v) is 4.05. The number of hydrogen-bond donors (Lipinski definition) is 1. The summed E-state index contributed by atoms with van der Waals surface area (Å²) in [6.07, 6.45) is 0. The van der Waals surface area contributed by atoms with Crippen LogP contribution in [0.3, 0.4) is 0 Å². The number of carbonyl (C=O) groups excluding carboxylic acids is 1. The number of ether oxygens (including phenoxy) is 1. The minimum atomic E-state index is -3.80. The van der Waals surface area contributed by atoms with Gasteiger partial charge in [0.1, 0.15) is 10.6 Å². The molecule has 0 spiro atoms. The maximum absolute atomic E-state index is 12.9. The second kappa shape index (κ2) is 8.33. The van der Waals surface area contributed by atoms with Crippen molar-refractivity contribution in [2.45, 2.75) is 31.7 Å². The maximum Gasteiger partial charge on any atom is 0.258 e. The highest BCUT2D eigenvalue weighted by Crippen LogP contribution is 2.26. The Morgan fingerprint density at radius 1 is 1.15 bits per heavy atom. The fraction of sp³-hybridized carbons (Fsp3) is 0.316. The monoisotopic (exact) mass is 376 g/mol. The SMILES string of the molecule is CCN(C(=O)c1ccc(OC)c(S(=O)(=O)NC(C)C)c1)c1ccccc1. The van der Waals surface area contributed by atoms with E-state index in [1.54, 1.807) is 24.8 Å². The lowest BCUT2D eigenvalue weighted by atomic mass is 10.1. The number of sulfonamides is 1. The molecule has 0 heterocycles. The maximum atomic E-state index is 12.9. The van der Waals surface area contributed by atoms with Crippen molar-refractivity contribution >= 4 is 21.6 Å². The van der Waals surface area contributed by atoms with Gasteiger partial charge in [0.2, 0.25) is 10.0 Å². The first-order chi connectivity index (χ1) is 12.3. The topological polar surface area (TPSA) is 75.7 Å². The number of anilines is 1. The van der Waals surface area contributed by atoms with Crippen molar-refractivity contribution in [2.24, 2.45) is 0 Å². The molecule has 0 aliphatic rings. The summed E-state index contributed by atoms with van der Waals surface area (Å²) in [5.41, 5.74) is 1.03. The van der Waals surface area contributed by atoms with Gasteiger partial charge in [-0.2, -0.15) is 0 Å². The predicted molar refractivity (Wildman–Crippen MR) is 102 cm³/mol. The normalized spacial score (nSPS) is 11.4. The zero-order valence-electron chi connectivity index (χ0n) is 15.4. The van der Waals surface area contributed by atoms with Gasteiger partial charge in [0.15, 0.2) is 0 Å². The number of hydrogen-bond acceptors (Lipinski definition) is 4. The van der Waals surface area contributed by atoms with Crippen LogP contribution in [0, 0.1) is 0 Å². The average molecular weight is 376 g/mol. The first-order valence-electron chi connectivity index (χ1n) is 8.37. The van der Waals surface area contributed by atoms with E-state index in [-0.39, 0.29) is 28.2 Å². The third-order valence-corrected chi connectivity index (χ3v) is 5.40. The molecule has 140 valence electrons. The number of carbonyl (C=O) groups is 1. The van der Waals surface area contributed by atoms with Crippen molar-refractivity contribution in [3.05, 3.63) is 54.1 Å². The minimum absolute atomic E-state index is 0.0522. The number of nitrogens with one attached hydrogen (secondary N) is 1. The van der Waals surface area contributed by atoms with Crippen LogP contribution in [-0.2, 0) is 10.0 Å². The van der Waals surface area contributed by atoms with Gasteiger partial charge >= 0.3 is 0 Å². The van der Waals surface area contributed by atoms with Gasteiger partial charge in [0.05, 0.1) is 7.11 Å². The zero-order chi connectivity index (χ0) is 19.3. The number of benzene rings is 2. The Hall–Kier alpha value is -2.38. The van der Waals surface area contributed by atoms with E-state index >= 15 is 0 Å². The second-order valence-corrected chi connectivity index (χ2v) is 7.71. The molecule has 0 radical (unpaired) electrons. The van der Waals surface area contributed by atoms with Crippen LogP contribution in [0.2, 0.25) is 0 Å². The van der Waals surface area contributed by atoms with Crippen LogP contribution in [-0.4, -0.2) is 34.0 Å². The molecule has 0 bridgehead atoms. The summed E-state index contributed by atoms with van der Waals surface area (Å²) >= 11 is 0. The first kappa shape index (κ1) is 19.9. The number of methoxy groups -OCH3 is 1. The van der Waals surface area contributed by atoms with E-state index in [0.717, 1.165) is 5.69 Å². The molecular weight excluding hydrogens is 352 g/mol. The molecule has 0 aliphatic carbocycles. The van der Waals surface area contributed by atoms with Crippen LogP contribution in [0.25, 0.3) is 0 Å². The van der Waals surface area contributed by atoms with Crippen LogP contribution in [0.15, 0.2) is 53.4 Å². The van der Waals surface area contributed by atoms with E-state index in [1.807, 2.05) is 37.3 Å². The molecule has 0 fully saturated rings. The Kier molecular flexibility index (Phi) is 6.39. The van der Waals surface area contributed by atoms with Crippen LogP contribution >= 0.6 is 0 Å². The van der Waals surface area contributed by atoms with E-state index < -0.39 is 10.0 Å². The summed E-state index contributed by atoms with van der Waals surface area (Å²) in [5, 5.41) is 0. The van der Waals surface area contributed by atoms with E-state index in [2.05, 4.69) is 4.72 Å².